The number of thiophene rings is 1. The molecule has 6 nitrogen and oxygen atoms in total. The van der Waals surface area contributed by atoms with Gasteiger partial charge in [0.15, 0.2) is 0 Å². The van der Waals surface area contributed by atoms with Crippen molar-refractivity contribution in [1.82, 2.24) is 19.8 Å². The Morgan fingerprint density at radius 1 is 1.23 bits per heavy atom. The maximum Gasteiger partial charge on any atom is 0.317 e. The molecule has 1 fully saturated rings. The molecule has 2 aliphatic rings. The van der Waals surface area contributed by atoms with E-state index in [2.05, 4.69) is 10.3 Å². The summed E-state index contributed by atoms with van der Waals surface area (Å²) in [5, 5.41) is 3.80. The zero-order valence-electron chi connectivity index (χ0n) is 17.3. The van der Waals surface area contributed by atoms with E-state index < -0.39 is 0 Å². The third-order valence-electron chi connectivity index (χ3n) is 6.35. The van der Waals surface area contributed by atoms with Gasteiger partial charge in [-0.2, -0.15) is 0 Å². The van der Waals surface area contributed by atoms with Crippen LogP contribution in [0.5, 0.6) is 0 Å². The molecule has 1 aliphatic heterocycles. The lowest BCUT2D eigenvalue weighted by atomic mass is 9.96. The van der Waals surface area contributed by atoms with E-state index in [4.69, 9.17) is 0 Å². The highest BCUT2D eigenvalue weighted by Crippen LogP contribution is 2.32. The van der Waals surface area contributed by atoms with Crippen molar-refractivity contribution < 1.29 is 9.18 Å². The molecule has 0 spiro atoms. The molecule has 3 aromatic rings. The number of urea groups is 1. The Bertz CT molecular complexity index is 1180. The molecule has 31 heavy (non-hydrogen) atoms. The molecule has 1 saturated carbocycles. The standard InChI is InChI=1S/C23H25FN4O2S/c24-18-9-5-4-6-15(18)12-28-14-25-21-20(22(28)29)17-10-11-27(13-19(17)31-21)23(30)26-16-7-2-1-3-8-16/h4-6,9,14,16H,1-3,7-8,10-13H2,(H,26,30). The number of nitrogens with zero attached hydrogens (tertiary/aromatic N) is 3. The van der Waals surface area contributed by atoms with Gasteiger partial charge in [0.25, 0.3) is 5.56 Å². The lowest BCUT2D eigenvalue weighted by Crippen LogP contribution is -2.47. The highest BCUT2D eigenvalue weighted by Gasteiger charge is 2.27. The van der Waals surface area contributed by atoms with Crippen LogP contribution >= 0.6 is 11.3 Å². The number of fused-ring (bicyclic) bond motifs is 3. The van der Waals surface area contributed by atoms with Gasteiger partial charge < -0.3 is 10.2 Å². The van der Waals surface area contributed by atoms with Gasteiger partial charge in [-0.3, -0.25) is 9.36 Å². The summed E-state index contributed by atoms with van der Waals surface area (Å²) < 4.78 is 15.5. The summed E-state index contributed by atoms with van der Waals surface area (Å²) >= 11 is 1.48. The summed E-state index contributed by atoms with van der Waals surface area (Å²) in [6.07, 6.45) is 7.84. The number of hydrogen-bond donors (Lipinski definition) is 1. The van der Waals surface area contributed by atoms with Crippen molar-refractivity contribution in [3.05, 3.63) is 62.8 Å². The minimum Gasteiger partial charge on any atom is -0.335 e. The van der Waals surface area contributed by atoms with Crippen LogP contribution in [0.3, 0.4) is 0 Å². The van der Waals surface area contributed by atoms with Gasteiger partial charge in [-0.25, -0.2) is 14.2 Å². The smallest absolute Gasteiger partial charge is 0.317 e. The molecule has 0 saturated heterocycles. The monoisotopic (exact) mass is 440 g/mol. The van der Waals surface area contributed by atoms with E-state index in [0.717, 1.165) is 23.3 Å². The fourth-order valence-corrected chi connectivity index (χ4v) is 5.82. The summed E-state index contributed by atoms with van der Waals surface area (Å²) in [6.45, 7) is 1.23. The van der Waals surface area contributed by atoms with E-state index in [-0.39, 0.29) is 30.0 Å². The maximum absolute atomic E-state index is 14.0. The highest BCUT2D eigenvalue weighted by atomic mass is 32.1. The Balaban J connectivity index is 1.38. The predicted molar refractivity (Wildman–Crippen MR) is 119 cm³/mol. The van der Waals surface area contributed by atoms with E-state index in [1.165, 1.54) is 47.6 Å². The molecule has 1 aliphatic carbocycles. The Kier molecular flexibility index (Phi) is 5.48. The van der Waals surface area contributed by atoms with Gasteiger partial charge in [0.1, 0.15) is 10.6 Å². The quantitative estimate of drug-likeness (QED) is 0.668. The summed E-state index contributed by atoms with van der Waals surface area (Å²) in [4.78, 5) is 33.9. The number of halogens is 1. The first-order valence-electron chi connectivity index (χ1n) is 10.9. The van der Waals surface area contributed by atoms with Crippen molar-refractivity contribution in [3.8, 4) is 0 Å². The van der Waals surface area contributed by atoms with Crippen LogP contribution in [0.2, 0.25) is 0 Å². The first-order valence-corrected chi connectivity index (χ1v) is 11.7. The number of carbonyl (C=O) groups excluding carboxylic acids is 1. The zero-order valence-corrected chi connectivity index (χ0v) is 18.1. The number of benzene rings is 1. The van der Waals surface area contributed by atoms with Gasteiger partial charge in [0, 0.05) is 23.0 Å². The third kappa shape index (κ3) is 3.96. The molecule has 0 radical (unpaired) electrons. The fraction of sp³-hybridized carbons (Fsp3) is 0.435. The first-order chi connectivity index (χ1) is 15.1. The number of aromatic nitrogens is 2. The van der Waals surface area contributed by atoms with Gasteiger partial charge in [-0.05, 0) is 30.9 Å². The van der Waals surface area contributed by atoms with Crippen LogP contribution in [-0.2, 0) is 19.5 Å². The average Bonchev–Trinajstić information content (AvgIpc) is 3.16. The number of rotatable bonds is 3. The van der Waals surface area contributed by atoms with Crippen molar-refractivity contribution in [3.63, 3.8) is 0 Å². The Morgan fingerprint density at radius 2 is 2.03 bits per heavy atom. The number of hydrogen-bond acceptors (Lipinski definition) is 4. The predicted octanol–water partition coefficient (Wildman–Crippen LogP) is 4.05. The van der Waals surface area contributed by atoms with Gasteiger partial charge in [0.05, 0.1) is 24.8 Å². The second-order valence-electron chi connectivity index (χ2n) is 8.41. The third-order valence-corrected chi connectivity index (χ3v) is 7.47. The molecule has 162 valence electrons. The number of nitrogens with one attached hydrogen (secondary N) is 1. The molecular weight excluding hydrogens is 415 g/mol. The Hall–Kier alpha value is -2.74. The van der Waals surface area contributed by atoms with Crippen LogP contribution in [0.25, 0.3) is 10.2 Å². The second-order valence-corrected chi connectivity index (χ2v) is 9.49. The summed E-state index contributed by atoms with van der Waals surface area (Å²) in [7, 11) is 0. The van der Waals surface area contributed by atoms with Crippen molar-refractivity contribution in [1.29, 1.82) is 0 Å². The van der Waals surface area contributed by atoms with Gasteiger partial charge in [-0.1, -0.05) is 37.5 Å². The second kappa shape index (κ2) is 8.42. The Labute approximate surface area is 183 Å². The van der Waals surface area contributed by atoms with Crippen LogP contribution in [0.15, 0.2) is 35.4 Å². The minimum atomic E-state index is -0.332. The van der Waals surface area contributed by atoms with Crippen molar-refractivity contribution >= 4 is 27.6 Å². The van der Waals surface area contributed by atoms with Gasteiger partial charge in [0.2, 0.25) is 0 Å². The van der Waals surface area contributed by atoms with Crippen LogP contribution < -0.4 is 10.9 Å². The molecule has 5 rings (SSSR count). The molecule has 0 bridgehead atoms. The van der Waals surface area contributed by atoms with Crippen LogP contribution in [0, 0.1) is 5.82 Å². The van der Waals surface area contributed by atoms with E-state index >= 15 is 0 Å². The van der Waals surface area contributed by atoms with Crippen molar-refractivity contribution in [2.45, 2.75) is 57.7 Å². The summed E-state index contributed by atoms with van der Waals surface area (Å²) in [6, 6.07) is 6.73. The molecule has 2 aromatic heterocycles. The van der Waals surface area contributed by atoms with E-state index in [9.17, 15) is 14.0 Å². The number of carbonyl (C=O) groups is 1. The van der Waals surface area contributed by atoms with Crippen LogP contribution in [0.1, 0.15) is 48.1 Å². The molecule has 2 amide bonds. The summed E-state index contributed by atoms with van der Waals surface area (Å²) in [5.41, 5.74) is 1.30. The highest BCUT2D eigenvalue weighted by molar-refractivity contribution is 7.18. The molecular formula is C23H25FN4O2S. The Morgan fingerprint density at radius 3 is 2.84 bits per heavy atom. The average molecular weight is 441 g/mol. The molecule has 1 N–H and O–H groups in total. The first kappa shape index (κ1) is 20.2. The zero-order chi connectivity index (χ0) is 21.4. The van der Waals surface area contributed by atoms with Gasteiger partial charge in [-0.15, -0.1) is 11.3 Å². The topological polar surface area (TPSA) is 67.2 Å². The largest absolute Gasteiger partial charge is 0.335 e. The molecule has 3 heterocycles. The van der Waals surface area contributed by atoms with Crippen molar-refractivity contribution in [2.24, 2.45) is 0 Å². The summed E-state index contributed by atoms with van der Waals surface area (Å²) in [5.74, 6) is -0.332. The normalized spacial score (nSPS) is 17.0. The van der Waals surface area contributed by atoms with Crippen LogP contribution in [-0.4, -0.2) is 33.1 Å². The molecule has 1 aromatic carbocycles. The fourth-order valence-electron chi connectivity index (χ4n) is 4.63. The van der Waals surface area contributed by atoms with Crippen LogP contribution in [0.4, 0.5) is 9.18 Å². The minimum absolute atomic E-state index is 0.0140. The molecule has 0 atom stereocenters. The SMILES string of the molecule is O=C(NC1CCCCC1)N1CCc2c(sc3ncn(Cc4ccccc4F)c(=O)c23)C1. The lowest BCUT2D eigenvalue weighted by Gasteiger charge is -2.30. The van der Waals surface area contributed by atoms with E-state index in [1.807, 2.05) is 4.90 Å². The molecule has 0 unspecified atom stereocenters. The molecule has 8 heteroatoms. The van der Waals surface area contributed by atoms with E-state index in [1.54, 1.807) is 18.2 Å². The maximum atomic E-state index is 14.0. The van der Waals surface area contributed by atoms with Gasteiger partial charge >= 0.3 is 6.03 Å². The number of amides is 2. The lowest BCUT2D eigenvalue weighted by molar-refractivity contribution is 0.185. The van der Waals surface area contributed by atoms with E-state index in [0.29, 0.717) is 35.3 Å². The van der Waals surface area contributed by atoms with Crippen molar-refractivity contribution in [2.75, 3.05) is 6.54 Å².